The van der Waals surface area contributed by atoms with Crippen molar-refractivity contribution in [1.82, 2.24) is 0 Å². The molecule has 10 heavy (non-hydrogen) atoms. The monoisotopic (exact) mass is 145 g/mol. The summed E-state index contributed by atoms with van der Waals surface area (Å²) in [5, 5.41) is 9.66. The van der Waals surface area contributed by atoms with E-state index in [4.69, 9.17) is 10.5 Å². The molecule has 0 spiro atoms. The minimum absolute atomic E-state index is 0.142. The summed E-state index contributed by atoms with van der Waals surface area (Å²) in [6.07, 6.45) is 0.605. The number of nitrogens with two attached hydrogens (primary N) is 1. The first-order valence-electron chi connectivity index (χ1n) is 3.64. The Morgan fingerprint density at radius 1 is 1.70 bits per heavy atom. The van der Waals surface area contributed by atoms with E-state index in [1.807, 2.05) is 6.92 Å². The second-order valence-electron chi connectivity index (χ2n) is 3.13. The Morgan fingerprint density at radius 2 is 2.30 bits per heavy atom. The fraction of sp³-hybridized carbons (Fsp3) is 1.00. The van der Waals surface area contributed by atoms with Crippen LogP contribution in [0.1, 0.15) is 20.3 Å². The third-order valence-electron chi connectivity index (χ3n) is 2.37. The largest absolute Gasteiger partial charge is 0.386 e. The average molecular weight is 145 g/mol. The Kier molecular flexibility index (Phi) is 1.99. The van der Waals surface area contributed by atoms with Crippen LogP contribution in [0.15, 0.2) is 0 Å². The second-order valence-corrected chi connectivity index (χ2v) is 3.13. The molecule has 1 rings (SSSR count). The molecule has 1 aliphatic rings. The fourth-order valence-corrected chi connectivity index (χ4v) is 1.13. The maximum absolute atomic E-state index is 9.66. The summed E-state index contributed by atoms with van der Waals surface area (Å²) in [4.78, 5) is 0. The summed E-state index contributed by atoms with van der Waals surface area (Å²) in [5.41, 5.74) is 4.82. The van der Waals surface area contributed by atoms with Gasteiger partial charge in [-0.05, 0) is 20.3 Å². The molecular weight excluding hydrogens is 130 g/mol. The van der Waals surface area contributed by atoms with Gasteiger partial charge in [0.05, 0.1) is 6.10 Å². The van der Waals surface area contributed by atoms with Crippen molar-refractivity contribution < 1.29 is 9.84 Å². The zero-order valence-electron chi connectivity index (χ0n) is 6.50. The van der Waals surface area contributed by atoms with Gasteiger partial charge in [-0.1, -0.05) is 0 Å². The summed E-state index contributed by atoms with van der Waals surface area (Å²) in [6.45, 7) is 4.24. The molecule has 0 aromatic carbocycles. The van der Waals surface area contributed by atoms with Crippen molar-refractivity contribution in [2.75, 3.05) is 6.61 Å². The Labute approximate surface area is 61.2 Å². The fourth-order valence-electron chi connectivity index (χ4n) is 1.13. The Bertz CT molecular complexity index is 113. The number of ether oxygens (including phenoxy) is 1. The lowest BCUT2D eigenvalue weighted by Gasteiger charge is -2.39. The van der Waals surface area contributed by atoms with Crippen LogP contribution in [0.25, 0.3) is 0 Å². The molecule has 0 bridgehead atoms. The minimum Gasteiger partial charge on any atom is -0.386 e. The van der Waals surface area contributed by atoms with Crippen molar-refractivity contribution in [2.45, 2.75) is 38.0 Å². The second kappa shape index (κ2) is 2.49. The number of hydrogen-bond acceptors (Lipinski definition) is 3. The molecule has 0 amide bonds. The zero-order valence-corrected chi connectivity index (χ0v) is 6.50. The maximum Gasteiger partial charge on any atom is 0.103 e. The van der Waals surface area contributed by atoms with E-state index in [1.54, 1.807) is 6.92 Å². The van der Waals surface area contributed by atoms with Gasteiger partial charge in [0.1, 0.15) is 5.60 Å². The summed E-state index contributed by atoms with van der Waals surface area (Å²) < 4.78 is 5.23. The highest BCUT2D eigenvalue weighted by molar-refractivity contribution is 4.93. The first-order valence-corrected chi connectivity index (χ1v) is 3.64. The first-order chi connectivity index (χ1) is 4.55. The molecule has 3 heteroatoms. The molecule has 3 N–H and O–H groups in total. The van der Waals surface area contributed by atoms with Gasteiger partial charge in [-0.25, -0.2) is 0 Å². The van der Waals surface area contributed by atoms with E-state index in [1.165, 1.54) is 0 Å². The molecule has 1 heterocycles. The van der Waals surface area contributed by atoms with Crippen molar-refractivity contribution in [1.29, 1.82) is 0 Å². The van der Waals surface area contributed by atoms with Crippen LogP contribution in [-0.4, -0.2) is 29.5 Å². The molecule has 3 nitrogen and oxygen atoms in total. The lowest BCUT2D eigenvalue weighted by atomic mass is 9.87. The number of hydrogen-bond donors (Lipinski definition) is 2. The predicted molar refractivity (Wildman–Crippen MR) is 38.6 cm³/mol. The first kappa shape index (κ1) is 7.98. The zero-order chi connectivity index (χ0) is 7.78. The third-order valence-corrected chi connectivity index (χ3v) is 2.37. The summed E-state index contributed by atoms with van der Waals surface area (Å²) in [5.74, 6) is 0. The molecule has 0 aromatic rings. The van der Waals surface area contributed by atoms with Crippen LogP contribution < -0.4 is 5.73 Å². The standard InChI is InChI=1S/C7H15NO2/c1-5-7(2,9)6(8)3-4-10-5/h5-6,9H,3-4,8H2,1-2H3. The molecular formula is C7H15NO2. The quantitative estimate of drug-likeness (QED) is 0.499. The maximum atomic E-state index is 9.66. The molecule has 0 aromatic heterocycles. The highest BCUT2D eigenvalue weighted by Gasteiger charge is 2.38. The summed E-state index contributed by atoms with van der Waals surface area (Å²) >= 11 is 0. The van der Waals surface area contributed by atoms with Crippen LogP contribution in [0, 0.1) is 0 Å². The molecule has 0 radical (unpaired) electrons. The van der Waals surface area contributed by atoms with Crippen molar-refractivity contribution in [3.05, 3.63) is 0 Å². The van der Waals surface area contributed by atoms with E-state index in [0.717, 1.165) is 6.42 Å². The molecule has 1 saturated heterocycles. The smallest absolute Gasteiger partial charge is 0.103 e. The van der Waals surface area contributed by atoms with Crippen LogP contribution in [0.4, 0.5) is 0 Å². The van der Waals surface area contributed by atoms with E-state index in [0.29, 0.717) is 6.61 Å². The van der Waals surface area contributed by atoms with Crippen LogP contribution in [0.3, 0.4) is 0 Å². The summed E-state index contributed by atoms with van der Waals surface area (Å²) in [6, 6.07) is -0.142. The molecule has 1 fully saturated rings. The van der Waals surface area contributed by atoms with Gasteiger partial charge < -0.3 is 15.6 Å². The van der Waals surface area contributed by atoms with Crippen molar-refractivity contribution in [3.63, 3.8) is 0 Å². The predicted octanol–water partition coefficient (Wildman–Crippen LogP) is -0.126. The SMILES string of the molecule is CC1OCCC(N)C1(C)O. The van der Waals surface area contributed by atoms with Crippen LogP contribution >= 0.6 is 0 Å². The van der Waals surface area contributed by atoms with Gasteiger partial charge in [0.2, 0.25) is 0 Å². The van der Waals surface area contributed by atoms with Gasteiger partial charge in [0.15, 0.2) is 0 Å². The Balaban J connectivity index is 2.63. The topological polar surface area (TPSA) is 55.5 Å². The number of rotatable bonds is 0. The lowest BCUT2D eigenvalue weighted by Crippen LogP contribution is -2.57. The van der Waals surface area contributed by atoms with Crippen LogP contribution in [0.5, 0.6) is 0 Å². The molecule has 1 aliphatic heterocycles. The normalized spacial score (nSPS) is 49.2. The Morgan fingerprint density at radius 3 is 2.70 bits per heavy atom. The lowest BCUT2D eigenvalue weighted by molar-refractivity contribution is -0.136. The van der Waals surface area contributed by atoms with Gasteiger partial charge in [-0.15, -0.1) is 0 Å². The van der Waals surface area contributed by atoms with Gasteiger partial charge >= 0.3 is 0 Å². The van der Waals surface area contributed by atoms with E-state index >= 15 is 0 Å². The number of aliphatic hydroxyl groups is 1. The van der Waals surface area contributed by atoms with Crippen molar-refractivity contribution in [2.24, 2.45) is 5.73 Å². The van der Waals surface area contributed by atoms with E-state index in [-0.39, 0.29) is 12.1 Å². The van der Waals surface area contributed by atoms with E-state index < -0.39 is 5.60 Å². The molecule has 3 atom stereocenters. The third kappa shape index (κ3) is 1.17. The highest BCUT2D eigenvalue weighted by Crippen LogP contribution is 2.23. The molecule has 3 unspecified atom stereocenters. The van der Waals surface area contributed by atoms with E-state index in [2.05, 4.69) is 0 Å². The van der Waals surface area contributed by atoms with E-state index in [9.17, 15) is 5.11 Å². The van der Waals surface area contributed by atoms with Crippen molar-refractivity contribution >= 4 is 0 Å². The minimum atomic E-state index is -0.849. The van der Waals surface area contributed by atoms with Crippen LogP contribution in [0.2, 0.25) is 0 Å². The Hall–Kier alpha value is -0.120. The van der Waals surface area contributed by atoms with Gasteiger partial charge in [-0.2, -0.15) is 0 Å². The van der Waals surface area contributed by atoms with Gasteiger partial charge in [0.25, 0.3) is 0 Å². The average Bonchev–Trinajstić information content (AvgIpc) is 1.84. The molecule has 60 valence electrons. The van der Waals surface area contributed by atoms with Gasteiger partial charge in [0, 0.05) is 12.6 Å². The van der Waals surface area contributed by atoms with Crippen LogP contribution in [-0.2, 0) is 4.74 Å². The van der Waals surface area contributed by atoms with Gasteiger partial charge in [-0.3, -0.25) is 0 Å². The summed E-state index contributed by atoms with van der Waals surface area (Å²) in [7, 11) is 0. The van der Waals surface area contributed by atoms with Crippen molar-refractivity contribution in [3.8, 4) is 0 Å². The molecule has 0 aliphatic carbocycles. The molecule has 0 saturated carbocycles. The highest BCUT2D eigenvalue weighted by atomic mass is 16.5.